The number of carbonyl (C=O) groups excluding carboxylic acids is 2. The maximum atomic E-state index is 11.7. The van der Waals surface area contributed by atoms with Crippen molar-refractivity contribution in [3.05, 3.63) is 0 Å². The Bertz CT molecular complexity index is 334. The Morgan fingerprint density at radius 1 is 1.16 bits per heavy atom. The van der Waals surface area contributed by atoms with Gasteiger partial charge < -0.3 is 16.4 Å². The molecule has 2 saturated carbocycles. The summed E-state index contributed by atoms with van der Waals surface area (Å²) in [4.78, 5) is 23.2. The summed E-state index contributed by atoms with van der Waals surface area (Å²) >= 11 is 0. The molecule has 0 aromatic rings. The van der Waals surface area contributed by atoms with Gasteiger partial charge >= 0.3 is 0 Å². The molecule has 5 heteroatoms. The SMILES string of the molecule is NC1(CC(=O)NCCCC(=O)NC2CC2)CCCC1. The van der Waals surface area contributed by atoms with Crippen LogP contribution in [0.5, 0.6) is 0 Å². The third-order valence-corrected chi connectivity index (χ3v) is 3.96. The van der Waals surface area contributed by atoms with Crippen molar-refractivity contribution in [1.29, 1.82) is 0 Å². The predicted molar refractivity (Wildman–Crippen MR) is 73.4 cm³/mol. The molecule has 2 rings (SSSR count). The van der Waals surface area contributed by atoms with Crippen molar-refractivity contribution in [2.75, 3.05) is 6.54 Å². The Morgan fingerprint density at radius 2 is 1.84 bits per heavy atom. The molecule has 0 unspecified atom stereocenters. The summed E-state index contributed by atoms with van der Waals surface area (Å²) in [5.41, 5.74) is 5.86. The lowest BCUT2D eigenvalue weighted by Gasteiger charge is -2.22. The summed E-state index contributed by atoms with van der Waals surface area (Å²) < 4.78 is 0. The monoisotopic (exact) mass is 267 g/mol. The summed E-state index contributed by atoms with van der Waals surface area (Å²) in [7, 11) is 0. The van der Waals surface area contributed by atoms with Gasteiger partial charge in [-0.25, -0.2) is 0 Å². The lowest BCUT2D eigenvalue weighted by molar-refractivity contribution is -0.123. The number of hydrogen-bond acceptors (Lipinski definition) is 3. The zero-order chi connectivity index (χ0) is 13.7. The van der Waals surface area contributed by atoms with Crippen LogP contribution in [-0.2, 0) is 9.59 Å². The zero-order valence-corrected chi connectivity index (χ0v) is 11.5. The highest BCUT2D eigenvalue weighted by molar-refractivity contribution is 5.78. The van der Waals surface area contributed by atoms with Gasteiger partial charge in [0.1, 0.15) is 0 Å². The van der Waals surface area contributed by atoms with E-state index in [0.29, 0.717) is 31.8 Å². The molecule has 2 amide bonds. The van der Waals surface area contributed by atoms with E-state index in [-0.39, 0.29) is 17.4 Å². The van der Waals surface area contributed by atoms with E-state index in [9.17, 15) is 9.59 Å². The van der Waals surface area contributed by atoms with Crippen molar-refractivity contribution in [2.24, 2.45) is 5.73 Å². The van der Waals surface area contributed by atoms with E-state index >= 15 is 0 Å². The molecule has 4 N–H and O–H groups in total. The van der Waals surface area contributed by atoms with Gasteiger partial charge in [-0.2, -0.15) is 0 Å². The topological polar surface area (TPSA) is 84.2 Å². The van der Waals surface area contributed by atoms with Crippen LogP contribution in [0, 0.1) is 0 Å². The number of rotatable bonds is 7. The first-order valence-corrected chi connectivity index (χ1v) is 7.42. The highest BCUT2D eigenvalue weighted by Gasteiger charge is 2.31. The van der Waals surface area contributed by atoms with Gasteiger partial charge in [-0.1, -0.05) is 12.8 Å². The molecule has 0 bridgehead atoms. The molecule has 0 saturated heterocycles. The largest absolute Gasteiger partial charge is 0.356 e. The molecule has 2 aliphatic carbocycles. The van der Waals surface area contributed by atoms with Gasteiger partial charge in [0.05, 0.1) is 0 Å². The van der Waals surface area contributed by atoms with Crippen LogP contribution < -0.4 is 16.4 Å². The molecule has 2 fully saturated rings. The van der Waals surface area contributed by atoms with Crippen LogP contribution in [0.2, 0.25) is 0 Å². The Kier molecular flexibility index (Phi) is 4.80. The van der Waals surface area contributed by atoms with Crippen LogP contribution in [0.25, 0.3) is 0 Å². The normalized spacial score (nSPS) is 21.1. The fraction of sp³-hybridized carbons (Fsp3) is 0.857. The number of hydrogen-bond donors (Lipinski definition) is 3. The van der Waals surface area contributed by atoms with Crippen LogP contribution in [0.15, 0.2) is 0 Å². The summed E-state index contributed by atoms with van der Waals surface area (Å²) in [6.45, 7) is 0.562. The molecule has 19 heavy (non-hydrogen) atoms. The lowest BCUT2D eigenvalue weighted by Crippen LogP contribution is -2.42. The zero-order valence-electron chi connectivity index (χ0n) is 11.5. The Balaban J connectivity index is 1.52. The van der Waals surface area contributed by atoms with E-state index < -0.39 is 0 Å². The number of nitrogens with two attached hydrogens (primary N) is 1. The standard InChI is InChI=1S/C14H25N3O2/c15-14(7-1-2-8-14)10-13(19)16-9-3-4-12(18)17-11-5-6-11/h11H,1-10,15H2,(H,16,19)(H,17,18). The van der Waals surface area contributed by atoms with Crippen LogP contribution in [-0.4, -0.2) is 29.9 Å². The average Bonchev–Trinajstić information content (AvgIpc) is 3.05. The molecular formula is C14H25N3O2. The van der Waals surface area contributed by atoms with E-state index in [1.54, 1.807) is 0 Å². The number of carbonyl (C=O) groups is 2. The van der Waals surface area contributed by atoms with Crippen molar-refractivity contribution in [1.82, 2.24) is 10.6 Å². The van der Waals surface area contributed by atoms with Gasteiger partial charge in [0, 0.05) is 31.0 Å². The first kappa shape index (κ1) is 14.3. The minimum Gasteiger partial charge on any atom is -0.356 e. The third-order valence-electron chi connectivity index (χ3n) is 3.96. The van der Waals surface area contributed by atoms with Crippen LogP contribution >= 0.6 is 0 Å². The van der Waals surface area contributed by atoms with Gasteiger partial charge in [-0.05, 0) is 32.1 Å². The number of nitrogens with one attached hydrogen (secondary N) is 2. The smallest absolute Gasteiger partial charge is 0.221 e. The molecule has 2 aliphatic rings. The summed E-state index contributed by atoms with van der Waals surface area (Å²) in [6, 6.07) is 0.418. The predicted octanol–water partition coefficient (Wildman–Crippen LogP) is 0.823. The second kappa shape index (κ2) is 6.37. The molecule has 0 aromatic heterocycles. The maximum absolute atomic E-state index is 11.7. The molecule has 0 radical (unpaired) electrons. The molecule has 5 nitrogen and oxygen atoms in total. The summed E-state index contributed by atoms with van der Waals surface area (Å²) in [5, 5.41) is 5.80. The van der Waals surface area contributed by atoms with Crippen molar-refractivity contribution >= 4 is 11.8 Å². The number of amides is 2. The highest BCUT2D eigenvalue weighted by atomic mass is 16.2. The lowest BCUT2D eigenvalue weighted by atomic mass is 9.94. The Hall–Kier alpha value is -1.10. The molecule has 0 spiro atoms. The van der Waals surface area contributed by atoms with E-state index in [2.05, 4.69) is 10.6 Å². The van der Waals surface area contributed by atoms with Crippen molar-refractivity contribution in [3.8, 4) is 0 Å². The van der Waals surface area contributed by atoms with Crippen molar-refractivity contribution in [3.63, 3.8) is 0 Å². The summed E-state index contributed by atoms with van der Waals surface area (Å²) in [6.07, 6.45) is 7.99. The van der Waals surface area contributed by atoms with Crippen molar-refractivity contribution < 1.29 is 9.59 Å². The molecule has 0 aromatic carbocycles. The fourth-order valence-corrected chi connectivity index (χ4v) is 2.64. The van der Waals surface area contributed by atoms with Gasteiger partial charge in [-0.3, -0.25) is 9.59 Å². The highest BCUT2D eigenvalue weighted by Crippen LogP contribution is 2.29. The van der Waals surface area contributed by atoms with E-state index in [1.165, 1.54) is 0 Å². The van der Waals surface area contributed by atoms with E-state index in [4.69, 9.17) is 5.73 Å². The van der Waals surface area contributed by atoms with E-state index in [1.807, 2.05) is 0 Å². The van der Waals surface area contributed by atoms with Crippen LogP contribution in [0.4, 0.5) is 0 Å². The quantitative estimate of drug-likeness (QED) is 0.597. The minimum atomic E-state index is -0.284. The van der Waals surface area contributed by atoms with Gasteiger partial charge in [-0.15, -0.1) is 0 Å². The first-order valence-electron chi connectivity index (χ1n) is 7.42. The van der Waals surface area contributed by atoms with Gasteiger partial charge in [0.2, 0.25) is 11.8 Å². The average molecular weight is 267 g/mol. The Labute approximate surface area is 114 Å². The van der Waals surface area contributed by atoms with E-state index in [0.717, 1.165) is 38.5 Å². The molecule has 0 heterocycles. The molecule has 0 atom stereocenters. The Morgan fingerprint density at radius 3 is 2.47 bits per heavy atom. The third kappa shape index (κ3) is 5.19. The second-order valence-corrected chi connectivity index (χ2v) is 6.04. The first-order chi connectivity index (χ1) is 9.07. The molecule has 108 valence electrons. The maximum Gasteiger partial charge on any atom is 0.221 e. The van der Waals surface area contributed by atoms with Gasteiger partial charge in [0.15, 0.2) is 0 Å². The molecule has 0 aliphatic heterocycles. The second-order valence-electron chi connectivity index (χ2n) is 6.04. The minimum absolute atomic E-state index is 0.0204. The van der Waals surface area contributed by atoms with Gasteiger partial charge in [0.25, 0.3) is 0 Å². The summed E-state index contributed by atoms with van der Waals surface area (Å²) in [5.74, 6) is 0.120. The van der Waals surface area contributed by atoms with Crippen LogP contribution in [0.3, 0.4) is 0 Å². The molecular weight excluding hydrogens is 242 g/mol. The van der Waals surface area contributed by atoms with Crippen molar-refractivity contribution in [2.45, 2.75) is 69.4 Å². The van der Waals surface area contributed by atoms with Crippen LogP contribution in [0.1, 0.15) is 57.8 Å². The fourth-order valence-electron chi connectivity index (χ4n) is 2.64.